The van der Waals surface area contributed by atoms with E-state index in [-0.39, 0.29) is 35.3 Å². The maximum absolute atomic E-state index is 12.7. The Morgan fingerprint density at radius 2 is 1.70 bits per heavy atom. The second kappa shape index (κ2) is 14.0. The highest BCUT2D eigenvalue weighted by Crippen LogP contribution is 2.38. The van der Waals surface area contributed by atoms with Gasteiger partial charge in [-0.15, -0.1) is 24.0 Å². The van der Waals surface area contributed by atoms with E-state index in [9.17, 15) is 4.79 Å². The quantitative estimate of drug-likeness (QED) is 0.207. The molecule has 1 heterocycles. The smallest absolute Gasteiger partial charge is 0.230 e. The Morgan fingerprint density at radius 1 is 1.03 bits per heavy atom. The van der Waals surface area contributed by atoms with Crippen molar-refractivity contribution in [2.24, 2.45) is 10.4 Å². The predicted molar refractivity (Wildman–Crippen MR) is 149 cm³/mol. The fourth-order valence-corrected chi connectivity index (χ4v) is 5.00. The van der Waals surface area contributed by atoms with Gasteiger partial charge in [0.25, 0.3) is 0 Å². The third-order valence-corrected chi connectivity index (χ3v) is 6.93. The summed E-state index contributed by atoms with van der Waals surface area (Å²) in [6.45, 7) is 7.18. The number of halogens is 1. The molecular formula is C25H43IN6O. The molecule has 2 N–H and O–H groups in total. The van der Waals surface area contributed by atoms with Crippen LogP contribution in [0.15, 0.2) is 35.3 Å². The number of benzene rings is 1. The molecule has 3 rings (SSSR count). The summed E-state index contributed by atoms with van der Waals surface area (Å²) in [6.07, 6.45) is 6.48. The second-order valence-corrected chi connectivity index (χ2v) is 9.41. The summed E-state index contributed by atoms with van der Waals surface area (Å²) in [5, 5.41) is 6.86. The van der Waals surface area contributed by atoms with E-state index in [1.54, 1.807) is 11.9 Å². The number of para-hydroxylation sites is 1. The molecule has 186 valence electrons. The van der Waals surface area contributed by atoms with Crippen LogP contribution in [0.1, 0.15) is 38.5 Å². The third kappa shape index (κ3) is 8.02. The molecule has 7 nitrogen and oxygen atoms in total. The Morgan fingerprint density at radius 3 is 2.30 bits per heavy atom. The first-order chi connectivity index (χ1) is 15.5. The van der Waals surface area contributed by atoms with Gasteiger partial charge in [0.2, 0.25) is 5.91 Å². The van der Waals surface area contributed by atoms with Gasteiger partial charge < -0.3 is 20.4 Å². The summed E-state index contributed by atoms with van der Waals surface area (Å²) in [7, 11) is 5.52. The van der Waals surface area contributed by atoms with Gasteiger partial charge >= 0.3 is 0 Å². The molecule has 1 saturated heterocycles. The highest BCUT2D eigenvalue weighted by atomic mass is 127. The number of carbonyl (C=O) groups is 1. The molecule has 1 aliphatic carbocycles. The van der Waals surface area contributed by atoms with Crippen molar-refractivity contribution in [2.75, 3.05) is 71.9 Å². The standard InChI is InChI=1S/C25H42N6O.HI/c1-26-24(28-21-25(13-7-8-14-25)23(32)29(2)3)27-15-9-10-16-30-17-19-31(20-18-30)22-11-5-4-6-12-22;/h4-6,11-12H,7-10,13-21H2,1-3H3,(H2,26,27,28);1H. The highest BCUT2D eigenvalue weighted by Gasteiger charge is 2.42. The number of unbranched alkanes of at least 4 members (excludes halogenated alkanes) is 1. The molecule has 0 unspecified atom stereocenters. The van der Waals surface area contributed by atoms with Crippen LogP contribution >= 0.6 is 24.0 Å². The molecule has 0 spiro atoms. The number of piperazine rings is 1. The Kier molecular flexibility index (Phi) is 11.7. The third-order valence-electron chi connectivity index (χ3n) is 6.93. The molecule has 33 heavy (non-hydrogen) atoms. The molecule has 0 bridgehead atoms. The van der Waals surface area contributed by atoms with Crippen molar-refractivity contribution in [1.29, 1.82) is 0 Å². The number of nitrogens with one attached hydrogen (secondary N) is 2. The summed E-state index contributed by atoms with van der Waals surface area (Å²) < 4.78 is 0. The Labute approximate surface area is 217 Å². The molecule has 1 amide bonds. The van der Waals surface area contributed by atoms with Crippen LogP contribution < -0.4 is 15.5 Å². The lowest BCUT2D eigenvalue weighted by Crippen LogP contribution is -2.49. The summed E-state index contributed by atoms with van der Waals surface area (Å²) in [6, 6.07) is 10.7. The summed E-state index contributed by atoms with van der Waals surface area (Å²) in [4.78, 5) is 23.9. The molecule has 0 aromatic heterocycles. The monoisotopic (exact) mass is 570 g/mol. The van der Waals surface area contributed by atoms with Crippen LogP contribution in [0.2, 0.25) is 0 Å². The van der Waals surface area contributed by atoms with E-state index < -0.39 is 0 Å². The topological polar surface area (TPSA) is 63.2 Å². The predicted octanol–water partition coefficient (Wildman–Crippen LogP) is 3.02. The van der Waals surface area contributed by atoms with Gasteiger partial charge in [-0.25, -0.2) is 0 Å². The maximum Gasteiger partial charge on any atom is 0.230 e. The first kappa shape index (κ1) is 27.7. The number of aliphatic imine (C=N–C) groups is 1. The fourth-order valence-electron chi connectivity index (χ4n) is 5.00. The summed E-state index contributed by atoms with van der Waals surface area (Å²) >= 11 is 0. The molecule has 0 atom stereocenters. The van der Waals surface area contributed by atoms with Crippen molar-refractivity contribution in [3.8, 4) is 0 Å². The van der Waals surface area contributed by atoms with Gasteiger partial charge in [0, 0.05) is 66.1 Å². The molecule has 0 radical (unpaired) electrons. The Hall–Kier alpha value is -1.55. The minimum Gasteiger partial charge on any atom is -0.369 e. The second-order valence-electron chi connectivity index (χ2n) is 9.41. The van der Waals surface area contributed by atoms with Crippen molar-refractivity contribution < 1.29 is 4.79 Å². The normalized spacial score (nSPS) is 18.5. The number of amides is 1. The van der Waals surface area contributed by atoms with Crippen LogP contribution in [0.4, 0.5) is 5.69 Å². The van der Waals surface area contributed by atoms with Gasteiger partial charge in [-0.3, -0.25) is 14.7 Å². The van der Waals surface area contributed by atoms with E-state index in [2.05, 4.69) is 55.8 Å². The molecule has 2 fully saturated rings. The van der Waals surface area contributed by atoms with E-state index in [1.165, 1.54) is 12.1 Å². The largest absolute Gasteiger partial charge is 0.369 e. The zero-order valence-corrected chi connectivity index (χ0v) is 23.0. The van der Waals surface area contributed by atoms with Gasteiger partial charge in [-0.05, 0) is 44.4 Å². The Bertz CT molecular complexity index is 728. The van der Waals surface area contributed by atoms with Gasteiger partial charge in [-0.1, -0.05) is 31.0 Å². The van der Waals surface area contributed by atoms with E-state index in [0.29, 0.717) is 6.54 Å². The maximum atomic E-state index is 12.7. The van der Waals surface area contributed by atoms with Crippen LogP contribution in [0.3, 0.4) is 0 Å². The zero-order valence-electron chi connectivity index (χ0n) is 20.7. The van der Waals surface area contributed by atoms with Crippen LogP contribution in [0.5, 0.6) is 0 Å². The fraction of sp³-hybridized carbons (Fsp3) is 0.680. The summed E-state index contributed by atoms with van der Waals surface area (Å²) in [5.74, 6) is 1.05. The number of guanidine groups is 1. The minimum absolute atomic E-state index is 0. The van der Waals surface area contributed by atoms with Crippen LogP contribution in [0, 0.1) is 5.41 Å². The zero-order chi connectivity index (χ0) is 22.8. The van der Waals surface area contributed by atoms with Crippen molar-refractivity contribution >= 4 is 41.5 Å². The molecule has 1 aromatic rings. The molecule has 1 saturated carbocycles. The van der Waals surface area contributed by atoms with E-state index in [1.807, 2.05) is 14.1 Å². The molecule has 1 aliphatic heterocycles. The van der Waals surface area contributed by atoms with Crippen LogP contribution in [-0.4, -0.2) is 88.6 Å². The van der Waals surface area contributed by atoms with Gasteiger partial charge in [0.1, 0.15) is 0 Å². The summed E-state index contributed by atoms with van der Waals surface area (Å²) in [5.41, 5.74) is 1.06. The number of nitrogens with zero attached hydrogens (tertiary/aromatic N) is 4. The number of hydrogen-bond acceptors (Lipinski definition) is 4. The van der Waals surface area contributed by atoms with Crippen molar-refractivity contribution in [2.45, 2.75) is 38.5 Å². The molecular weight excluding hydrogens is 527 g/mol. The molecule has 8 heteroatoms. The van der Waals surface area contributed by atoms with E-state index in [0.717, 1.165) is 77.3 Å². The van der Waals surface area contributed by atoms with Gasteiger partial charge in [-0.2, -0.15) is 0 Å². The molecule has 2 aliphatic rings. The van der Waals surface area contributed by atoms with Gasteiger partial charge in [0.15, 0.2) is 5.96 Å². The SMILES string of the molecule is CN=C(NCCCCN1CCN(c2ccccc2)CC1)NCC1(C(=O)N(C)C)CCCC1.I. The van der Waals surface area contributed by atoms with E-state index in [4.69, 9.17) is 0 Å². The lowest BCUT2D eigenvalue weighted by atomic mass is 9.84. The number of rotatable bonds is 9. The number of carbonyl (C=O) groups excluding carboxylic acids is 1. The lowest BCUT2D eigenvalue weighted by molar-refractivity contribution is -0.138. The first-order valence-corrected chi connectivity index (χ1v) is 12.2. The van der Waals surface area contributed by atoms with E-state index >= 15 is 0 Å². The van der Waals surface area contributed by atoms with Gasteiger partial charge in [0.05, 0.1) is 5.41 Å². The van der Waals surface area contributed by atoms with Crippen molar-refractivity contribution in [3.05, 3.63) is 30.3 Å². The molecule has 1 aromatic carbocycles. The number of hydrogen-bond donors (Lipinski definition) is 2. The van der Waals surface area contributed by atoms with Crippen molar-refractivity contribution in [3.63, 3.8) is 0 Å². The average Bonchev–Trinajstić information content (AvgIpc) is 3.31. The Balaban J connectivity index is 0.00000385. The first-order valence-electron chi connectivity index (χ1n) is 12.2. The average molecular weight is 571 g/mol. The van der Waals surface area contributed by atoms with Crippen LogP contribution in [0.25, 0.3) is 0 Å². The minimum atomic E-state index is -0.275. The lowest BCUT2D eigenvalue weighted by Gasteiger charge is -2.36. The highest BCUT2D eigenvalue weighted by molar-refractivity contribution is 14.0. The number of anilines is 1. The van der Waals surface area contributed by atoms with Crippen molar-refractivity contribution in [1.82, 2.24) is 20.4 Å². The van der Waals surface area contributed by atoms with Crippen LogP contribution in [-0.2, 0) is 4.79 Å².